The van der Waals surface area contributed by atoms with Gasteiger partial charge in [0.05, 0.1) is 23.5 Å². The topological polar surface area (TPSA) is 100.0 Å². The molecule has 218 valence electrons. The van der Waals surface area contributed by atoms with Crippen molar-refractivity contribution in [3.63, 3.8) is 0 Å². The summed E-state index contributed by atoms with van der Waals surface area (Å²) in [6, 6.07) is 24.9. The number of hydrogen-bond acceptors (Lipinski definition) is 8. The Balaban J connectivity index is 1.02. The molecule has 1 N–H and O–H groups in total. The molecule has 1 saturated heterocycles. The van der Waals surface area contributed by atoms with Gasteiger partial charge in [0, 0.05) is 32.7 Å². The largest absolute Gasteiger partial charge is 0.486 e. The number of pyridine rings is 1. The van der Waals surface area contributed by atoms with Crippen LogP contribution in [-0.4, -0.2) is 55.4 Å². The Morgan fingerprint density at radius 1 is 0.953 bits per heavy atom. The van der Waals surface area contributed by atoms with Gasteiger partial charge in [-0.25, -0.2) is 9.78 Å². The van der Waals surface area contributed by atoms with Crippen LogP contribution in [0.1, 0.15) is 23.1 Å². The molecule has 1 aromatic heterocycles. The fraction of sp³-hybridized carbons (Fsp3) is 0.265. The number of benzene rings is 3. The van der Waals surface area contributed by atoms with E-state index in [0.29, 0.717) is 30.2 Å². The second kappa shape index (κ2) is 12.8. The van der Waals surface area contributed by atoms with Gasteiger partial charge in [0.15, 0.2) is 11.5 Å². The highest BCUT2D eigenvalue weighted by molar-refractivity contribution is 5.86. The smallest absolute Gasteiger partial charge is 0.417 e. The SMILES string of the molecule is Cc1ccc(OC(=O)Nc2ccc(N3CCCN(Cc4ccc5c(c4)OCCO5)CC3)nc2)cc1-c1ccc(C#N)cc1. The van der Waals surface area contributed by atoms with Gasteiger partial charge >= 0.3 is 6.09 Å². The molecule has 2 aliphatic heterocycles. The van der Waals surface area contributed by atoms with E-state index in [1.165, 1.54) is 5.56 Å². The second-order valence-electron chi connectivity index (χ2n) is 10.7. The lowest BCUT2D eigenvalue weighted by atomic mass is 9.99. The molecule has 43 heavy (non-hydrogen) atoms. The fourth-order valence-corrected chi connectivity index (χ4v) is 5.40. The van der Waals surface area contributed by atoms with Crippen LogP contribution in [0.15, 0.2) is 79.0 Å². The van der Waals surface area contributed by atoms with Gasteiger partial charge in [-0.15, -0.1) is 0 Å². The van der Waals surface area contributed by atoms with Gasteiger partial charge in [-0.2, -0.15) is 5.26 Å². The minimum absolute atomic E-state index is 0.428. The Morgan fingerprint density at radius 2 is 1.79 bits per heavy atom. The van der Waals surface area contributed by atoms with E-state index in [9.17, 15) is 4.79 Å². The molecule has 0 unspecified atom stereocenters. The Morgan fingerprint density at radius 3 is 2.58 bits per heavy atom. The average Bonchev–Trinajstić information content (AvgIpc) is 3.28. The van der Waals surface area contributed by atoms with E-state index in [1.54, 1.807) is 24.4 Å². The molecule has 0 saturated carbocycles. The predicted molar refractivity (Wildman–Crippen MR) is 165 cm³/mol. The molecule has 1 fully saturated rings. The summed E-state index contributed by atoms with van der Waals surface area (Å²) in [6.45, 7) is 7.74. The molecular weight excluding hydrogens is 542 g/mol. The molecule has 1 amide bonds. The van der Waals surface area contributed by atoms with Crippen LogP contribution in [0.3, 0.4) is 0 Å². The number of ether oxygens (including phenoxy) is 3. The number of carbonyl (C=O) groups is 1. The van der Waals surface area contributed by atoms with E-state index in [2.05, 4.69) is 38.3 Å². The third kappa shape index (κ3) is 6.88. The molecule has 0 atom stereocenters. The maximum absolute atomic E-state index is 12.7. The Bertz CT molecular complexity index is 1630. The first-order valence-corrected chi connectivity index (χ1v) is 14.5. The van der Waals surface area contributed by atoms with Gasteiger partial charge in [-0.05, 0) is 84.1 Å². The zero-order chi connectivity index (χ0) is 29.6. The summed E-state index contributed by atoms with van der Waals surface area (Å²) >= 11 is 0. The normalized spacial score (nSPS) is 14.8. The third-order valence-electron chi connectivity index (χ3n) is 7.66. The van der Waals surface area contributed by atoms with Crippen LogP contribution >= 0.6 is 0 Å². The Labute approximate surface area is 251 Å². The first-order chi connectivity index (χ1) is 21.0. The Kier molecular flexibility index (Phi) is 8.38. The minimum atomic E-state index is -0.589. The fourth-order valence-electron chi connectivity index (χ4n) is 5.40. The summed E-state index contributed by atoms with van der Waals surface area (Å²) in [6.07, 6.45) is 2.10. The van der Waals surface area contributed by atoms with Crippen LogP contribution < -0.4 is 24.4 Å². The van der Waals surface area contributed by atoms with Crippen molar-refractivity contribution in [2.24, 2.45) is 0 Å². The highest BCUT2D eigenvalue weighted by atomic mass is 16.6. The van der Waals surface area contributed by atoms with Crippen molar-refractivity contribution in [2.75, 3.05) is 49.6 Å². The van der Waals surface area contributed by atoms with Crippen molar-refractivity contribution in [3.05, 3.63) is 95.7 Å². The molecule has 2 aliphatic rings. The molecule has 9 nitrogen and oxygen atoms in total. The van der Waals surface area contributed by atoms with E-state index in [1.807, 2.05) is 49.4 Å². The van der Waals surface area contributed by atoms with Crippen LogP contribution in [0.25, 0.3) is 11.1 Å². The quantitative estimate of drug-likeness (QED) is 0.298. The molecule has 3 heterocycles. The van der Waals surface area contributed by atoms with E-state index in [-0.39, 0.29) is 0 Å². The van der Waals surface area contributed by atoms with Gasteiger partial charge in [0.2, 0.25) is 0 Å². The number of aromatic nitrogens is 1. The van der Waals surface area contributed by atoms with Crippen LogP contribution in [-0.2, 0) is 6.54 Å². The van der Waals surface area contributed by atoms with Crippen molar-refractivity contribution in [2.45, 2.75) is 19.9 Å². The number of aryl methyl sites for hydroxylation is 1. The third-order valence-corrected chi connectivity index (χ3v) is 7.66. The summed E-state index contributed by atoms with van der Waals surface area (Å²) < 4.78 is 17.0. The summed E-state index contributed by atoms with van der Waals surface area (Å²) in [5.74, 6) is 2.95. The lowest BCUT2D eigenvalue weighted by Gasteiger charge is -2.24. The number of anilines is 2. The zero-order valence-corrected chi connectivity index (χ0v) is 24.1. The number of hydrogen-bond donors (Lipinski definition) is 1. The first kappa shape index (κ1) is 28.1. The van der Waals surface area contributed by atoms with Crippen molar-refractivity contribution < 1.29 is 19.0 Å². The van der Waals surface area contributed by atoms with E-state index in [4.69, 9.17) is 19.5 Å². The zero-order valence-electron chi connectivity index (χ0n) is 24.1. The standard InChI is InChI=1S/C34H33N5O4/c1-24-3-10-29(20-30(24)27-7-4-25(21-35)5-8-27)43-34(40)37-28-9-12-33(36-22-28)39-14-2-13-38(15-16-39)23-26-6-11-31-32(19-26)42-18-17-41-31/h3-12,19-20,22H,2,13-18,23H2,1H3,(H,37,40). The number of nitrogens with one attached hydrogen (secondary N) is 1. The number of rotatable bonds is 6. The van der Waals surface area contributed by atoms with Crippen molar-refractivity contribution in [1.29, 1.82) is 5.26 Å². The number of amides is 1. The minimum Gasteiger partial charge on any atom is -0.486 e. The van der Waals surface area contributed by atoms with Gasteiger partial charge in [0.25, 0.3) is 0 Å². The summed E-state index contributed by atoms with van der Waals surface area (Å²) in [5, 5.41) is 11.8. The van der Waals surface area contributed by atoms with E-state index < -0.39 is 6.09 Å². The maximum Gasteiger partial charge on any atom is 0.417 e. The molecule has 0 bridgehead atoms. The molecule has 0 aliphatic carbocycles. The van der Waals surface area contributed by atoms with Crippen LogP contribution in [0.4, 0.5) is 16.3 Å². The molecular formula is C34H33N5O4. The lowest BCUT2D eigenvalue weighted by Crippen LogP contribution is -2.31. The molecule has 0 radical (unpaired) electrons. The van der Waals surface area contributed by atoms with Crippen LogP contribution in [0.5, 0.6) is 17.2 Å². The van der Waals surface area contributed by atoms with Crippen molar-refractivity contribution in [1.82, 2.24) is 9.88 Å². The van der Waals surface area contributed by atoms with Gasteiger partial charge < -0.3 is 19.1 Å². The average molecular weight is 576 g/mol. The van der Waals surface area contributed by atoms with Gasteiger partial charge in [-0.1, -0.05) is 24.3 Å². The second-order valence-corrected chi connectivity index (χ2v) is 10.7. The summed E-state index contributed by atoms with van der Waals surface area (Å²) in [7, 11) is 0. The first-order valence-electron chi connectivity index (χ1n) is 14.5. The summed E-state index contributed by atoms with van der Waals surface area (Å²) in [4.78, 5) is 22.0. The number of carbonyl (C=O) groups excluding carboxylic acids is 1. The molecule has 6 rings (SSSR count). The monoisotopic (exact) mass is 575 g/mol. The van der Waals surface area contributed by atoms with Crippen LogP contribution in [0, 0.1) is 18.3 Å². The maximum atomic E-state index is 12.7. The van der Waals surface area contributed by atoms with Crippen molar-refractivity contribution >= 4 is 17.6 Å². The Hall–Kier alpha value is -5.07. The highest BCUT2D eigenvalue weighted by Crippen LogP contribution is 2.31. The number of fused-ring (bicyclic) bond motifs is 1. The summed E-state index contributed by atoms with van der Waals surface area (Å²) in [5.41, 5.74) is 5.29. The molecule has 0 spiro atoms. The van der Waals surface area contributed by atoms with E-state index >= 15 is 0 Å². The van der Waals surface area contributed by atoms with Crippen LogP contribution in [0.2, 0.25) is 0 Å². The van der Waals surface area contributed by atoms with E-state index in [0.717, 1.165) is 73.2 Å². The lowest BCUT2D eigenvalue weighted by molar-refractivity contribution is 0.171. The van der Waals surface area contributed by atoms with Crippen molar-refractivity contribution in [3.8, 4) is 34.4 Å². The highest BCUT2D eigenvalue weighted by Gasteiger charge is 2.18. The number of nitrogens with zero attached hydrogens (tertiary/aromatic N) is 4. The number of nitriles is 1. The molecule has 9 heteroatoms. The van der Waals surface area contributed by atoms with Gasteiger partial charge in [-0.3, -0.25) is 10.2 Å². The van der Waals surface area contributed by atoms with Gasteiger partial charge in [0.1, 0.15) is 24.8 Å². The molecule has 3 aromatic carbocycles. The molecule has 4 aromatic rings. The predicted octanol–water partition coefficient (Wildman–Crippen LogP) is 6.02.